The van der Waals surface area contributed by atoms with Crippen LogP contribution in [0.1, 0.15) is 27.2 Å². The fraction of sp³-hybridized carbons (Fsp3) is 0.818. The smallest absolute Gasteiger partial charge is 0.239 e. The van der Waals surface area contributed by atoms with Gasteiger partial charge in [0, 0.05) is 19.5 Å². The molecular weight excluding hydrogens is 206 g/mol. The van der Waals surface area contributed by atoms with Crippen molar-refractivity contribution in [1.82, 2.24) is 16.0 Å². The Morgan fingerprint density at radius 2 is 1.62 bits per heavy atom. The molecular formula is C11H23N3O2. The fourth-order valence-corrected chi connectivity index (χ4v) is 1.11. The van der Waals surface area contributed by atoms with Crippen LogP contribution in [0, 0.1) is 5.41 Å². The lowest BCUT2D eigenvalue weighted by Crippen LogP contribution is -2.40. The summed E-state index contributed by atoms with van der Waals surface area (Å²) in [6.07, 6.45) is 0.427. The fourth-order valence-electron chi connectivity index (χ4n) is 1.11. The van der Waals surface area contributed by atoms with Crippen LogP contribution in [0.25, 0.3) is 0 Å². The van der Waals surface area contributed by atoms with Crippen molar-refractivity contribution >= 4 is 11.8 Å². The van der Waals surface area contributed by atoms with Gasteiger partial charge in [0.25, 0.3) is 0 Å². The minimum absolute atomic E-state index is 0.0489. The average Bonchev–Trinajstić information content (AvgIpc) is 2.12. The molecule has 0 unspecified atom stereocenters. The molecule has 0 aromatic heterocycles. The molecule has 0 saturated heterocycles. The van der Waals surface area contributed by atoms with E-state index in [0.717, 1.165) is 6.54 Å². The van der Waals surface area contributed by atoms with Crippen LogP contribution >= 0.6 is 0 Å². The predicted octanol–water partition coefficient (Wildman–Crippen LogP) is -0.126. The summed E-state index contributed by atoms with van der Waals surface area (Å²) >= 11 is 0. The van der Waals surface area contributed by atoms with Crippen molar-refractivity contribution in [3.05, 3.63) is 0 Å². The normalized spacial score (nSPS) is 11.0. The zero-order valence-corrected chi connectivity index (χ0v) is 10.6. The Balaban J connectivity index is 3.63. The summed E-state index contributed by atoms with van der Waals surface area (Å²) in [5.74, 6) is -0.242. The number of rotatable bonds is 6. The Hall–Kier alpha value is -1.10. The van der Waals surface area contributed by atoms with Gasteiger partial charge in [-0.3, -0.25) is 9.59 Å². The average molecular weight is 229 g/mol. The van der Waals surface area contributed by atoms with Crippen LogP contribution in [-0.4, -0.2) is 38.5 Å². The van der Waals surface area contributed by atoms with E-state index in [-0.39, 0.29) is 23.8 Å². The van der Waals surface area contributed by atoms with E-state index in [1.807, 2.05) is 27.8 Å². The molecule has 0 rings (SSSR count). The van der Waals surface area contributed by atoms with Crippen molar-refractivity contribution in [2.75, 3.05) is 26.7 Å². The molecule has 0 atom stereocenters. The third-order valence-electron chi connectivity index (χ3n) is 1.83. The summed E-state index contributed by atoms with van der Waals surface area (Å²) in [4.78, 5) is 22.6. The van der Waals surface area contributed by atoms with Crippen molar-refractivity contribution in [2.45, 2.75) is 27.2 Å². The summed E-state index contributed by atoms with van der Waals surface area (Å²) in [5.41, 5.74) is -0.0489. The first-order valence-electron chi connectivity index (χ1n) is 5.53. The van der Waals surface area contributed by atoms with E-state index in [1.54, 1.807) is 0 Å². The van der Waals surface area contributed by atoms with Crippen LogP contribution in [-0.2, 0) is 9.59 Å². The van der Waals surface area contributed by atoms with Crippen LogP contribution in [0.15, 0.2) is 0 Å². The number of hydrogen-bond donors (Lipinski definition) is 3. The minimum Gasteiger partial charge on any atom is -0.353 e. The van der Waals surface area contributed by atoms with Gasteiger partial charge in [-0.25, -0.2) is 0 Å². The van der Waals surface area contributed by atoms with Gasteiger partial charge in [0.05, 0.1) is 6.54 Å². The van der Waals surface area contributed by atoms with Crippen LogP contribution in [0.2, 0.25) is 0 Å². The Kier molecular flexibility index (Phi) is 6.72. The Morgan fingerprint density at radius 3 is 2.12 bits per heavy atom. The van der Waals surface area contributed by atoms with Gasteiger partial charge in [0.2, 0.25) is 11.8 Å². The molecule has 5 nitrogen and oxygen atoms in total. The predicted molar refractivity (Wildman–Crippen MR) is 64.0 cm³/mol. The summed E-state index contributed by atoms with van der Waals surface area (Å²) < 4.78 is 0. The van der Waals surface area contributed by atoms with E-state index < -0.39 is 0 Å². The molecule has 0 bridgehead atoms. The van der Waals surface area contributed by atoms with E-state index >= 15 is 0 Å². The van der Waals surface area contributed by atoms with E-state index in [2.05, 4.69) is 16.0 Å². The molecule has 0 spiro atoms. The second-order valence-corrected chi connectivity index (χ2v) is 4.97. The maximum atomic E-state index is 11.4. The number of carbonyl (C=O) groups is 2. The summed E-state index contributed by atoms with van der Waals surface area (Å²) in [6.45, 7) is 7.31. The van der Waals surface area contributed by atoms with Gasteiger partial charge >= 0.3 is 0 Å². The third kappa shape index (κ3) is 9.45. The highest BCUT2D eigenvalue weighted by Gasteiger charge is 2.16. The zero-order chi connectivity index (χ0) is 12.6. The lowest BCUT2D eigenvalue weighted by atomic mass is 9.92. The quantitative estimate of drug-likeness (QED) is 0.556. The van der Waals surface area contributed by atoms with Crippen LogP contribution in [0.5, 0.6) is 0 Å². The highest BCUT2D eigenvalue weighted by Crippen LogP contribution is 2.17. The van der Waals surface area contributed by atoms with Crippen LogP contribution in [0.4, 0.5) is 0 Å². The standard InChI is InChI=1S/C11H23N3O2/c1-11(2,3)7-9(15)14-8-10(16)13-6-5-12-4/h12H,5-8H2,1-4H3,(H,13,16)(H,14,15). The number of nitrogens with one attached hydrogen (secondary N) is 3. The van der Waals surface area contributed by atoms with Crippen molar-refractivity contribution in [1.29, 1.82) is 0 Å². The highest BCUT2D eigenvalue weighted by molar-refractivity contribution is 5.84. The Labute approximate surface area is 97.4 Å². The topological polar surface area (TPSA) is 70.2 Å². The zero-order valence-electron chi connectivity index (χ0n) is 10.6. The number of carbonyl (C=O) groups excluding carboxylic acids is 2. The molecule has 0 aliphatic rings. The van der Waals surface area contributed by atoms with Crippen molar-refractivity contribution < 1.29 is 9.59 Å². The SMILES string of the molecule is CNCCNC(=O)CNC(=O)CC(C)(C)C. The van der Waals surface area contributed by atoms with Crippen LogP contribution < -0.4 is 16.0 Å². The number of amides is 2. The van der Waals surface area contributed by atoms with Gasteiger partial charge in [-0.2, -0.15) is 0 Å². The Morgan fingerprint density at radius 1 is 1.00 bits per heavy atom. The first kappa shape index (κ1) is 14.9. The molecule has 0 aromatic carbocycles. The number of hydrogen-bond acceptors (Lipinski definition) is 3. The summed E-state index contributed by atoms with van der Waals surface area (Å²) in [7, 11) is 1.82. The van der Waals surface area contributed by atoms with Gasteiger partial charge in [-0.05, 0) is 12.5 Å². The highest BCUT2D eigenvalue weighted by atomic mass is 16.2. The van der Waals surface area contributed by atoms with Crippen molar-refractivity contribution in [2.24, 2.45) is 5.41 Å². The summed E-state index contributed by atoms with van der Waals surface area (Å²) in [6, 6.07) is 0. The monoisotopic (exact) mass is 229 g/mol. The van der Waals surface area contributed by atoms with E-state index in [1.165, 1.54) is 0 Å². The first-order chi connectivity index (χ1) is 7.35. The largest absolute Gasteiger partial charge is 0.353 e. The van der Waals surface area contributed by atoms with E-state index in [0.29, 0.717) is 13.0 Å². The first-order valence-corrected chi connectivity index (χ1v) is 5.53. The van der Waals surface area contributed by atoms with Gasteiger partial charge in [-0.15, -0.1) is 0 Å². The van der Waals surface area contributed by atoms with E-state index in [9.17, 15) is 9.59 Å². The second kappa shape index (κ2) is 7.22. The molecule has 0 aromatic rings. The molecule has 0 radical (unpaired) electrons. The van der Waals surface area contributed by atoms with Gasteiger partial charge in [0.15, 0.2) is 0 Å². The van der Waals surface area contributed by atoms with E-state index in [4.69, 9.17) is 0 Å². The lowest BCUT2D eigenvalue weighted by molar-refractivity contribution is -0.127. The molecule has 0 aliphatic heterocycles. The maximum absolute atomic E-state index is 11.4. The third-order valence-corrected chi connectivity index (χ3v) is 1.83. The molecule has 2 amide bonds. The van der Waals surface area contributed by atoms with Crippen molar-refractivity contribution in [3.8, 4) is 0 Å². The van der Waals surface area contributed by atoms with Gasteiger partial charge in [-0.1, -0.05) is 20.8 Å². The molecule has 0 saturated carbocycles. The number of likely N-dealkylation sites (N-methyl/N-ethyl adjacent to an activating group) is 1. The molecule has 0 aliphatic carbocycles. The molecule has 94 valence electrons. The van der Waals surface area contributed by atoms with Gasteiger partial charge in [0.1, 0.15) is 0 Å². The second-order valence-electron chi connectivity index (χ2n) is 4.97. The van der Waals surface area contributed by atoms with Crippen molar-refractivity contribution in [3.63, 3.8) is 0 Å². The molecule has 5 heteroatoms. The van der Waals surface area contributed by atoms with Crippen LogP contribution in [0.3, 0.4) is 0 Å². The molecule has 16 heavy (non-hydrogen) atoms. The van der Waals surface area contributed by atoms with Gasteiger partial charge < -0.3 is 16.0 Å². The minimum atomic E-state index is -0.155. The molecule has 0 fully saturated rings. The summed E-state index contributed by atoms with van der Waals surface area (Å²) in [5, 5.41) is 8.20. The molecule has 3 N–H and O–H groups in total. The molecule has 0 heterocycles. The maximum Gasteiger partial charge on any atom is 0.239 e. The Bertz CT molecular complexity index is 234. The lowest BCUT2D eigenvalue weighted by Gasteiger charge is -2.17.